The zero-order valence-electron chi connectivity index (χ0n) is 8.63. The van der Waals surface area contributed by atoms with E-state index in [1.165, 1.54) is 12.1 Å². The zero-order chi connectivity index (χ0) is 12.1. The van der Waals surface area contributed by atoms with Crippen molar-refractivity contribution in [1.29, 1.82) is 0 Å². The Morgan fingerprint density at radius 2 is 2.12 bits per heavy atom. The molecule has 86 valence electrons. The van der Waals surface area contributed by atoms with Gasteiger partial charge in [0.05, 0.1) is 11.9 Å². The Kier molecular flexibility index (Phi) is 4.61. The maximum Gasteiger partial charge on any atom is 0.229 e. The normalized spacial score (nSPS) is 9.94. The van der Waals surface area contributed by atoms with E-state index in [1.807, 2.05) is 0 Å². The molecule has 1 rings (SSSR count). The van der Waals surface area contributed by atoms with Gasteiger partial charge in [-0.3, -0.25) is 9.59 Å². The average molecular weight is 289 g/mol. The van der Waals surface area contributed by atoms with E-state index in [0.717, 1.165) is 6.07 Å². The van der Waals surface area contributed by atoms with Crippen molar-refractivity contribution in [3.8, 4) is 5.75 Å². The molecule has 0 bridgehead atoms. The highest BCUT2D eigenvalue weighted by atomic mass is 79.9. The zero-order valence-corrected chi connectivity index (χ0v) is 10.2. The van der Waals surface area contributed by atoms with E-state index in [1.54, 1.807) is 6.92 Å². The van der Waals surface area contributed by atoms with Crippen LogP contribution >= 0.6 is 15.9 Å². The SMILES string of the molecule is CCOc1ccc(C(=O)C(=O)CBr)cc1F. The molecule has 0 N–H and O–H groups in total. The first-order chi connectivity index (χ1) is 7.60. The molecule has 0 aliphatic rings. The van der Waals surface area contributed by atoms with Crippen LogP contribution < -0.4 is 4.74 Å². The minimum absolute atomic E-state index is 0.0328. The molecule has 0 unspecified atom stereocenters. The van der Waals surface area contributed by atoms with E-state index in [9.17, 15) is 14.0 Å². The third kappa shape index (κ3) is 2.88. The lowest BCUT2D eigenvalue weighted by Gasteiger charge is -2.05. The van der Waals surface area contributed by atoms with E-state index >= 15 is 0 Å². The molecule has 1 aromatic carbocycles. The van der Waals surface area contributed by atoms with Crippen molar-refractivity contribution in [3.05, 3.63) is 29.6 Å². The fourth-order valence-corrected chi connectivity index (χ4v) is 1.39. The van der Waals surface area contributed by atoms with E-state index in [0.29, 0.717) is 6.61 Å². The molecule has 16 heavy (non-hydrogen) atoms. The van der Waals surface area contributed by atoms with Gasteiger partial charge in [-0.05, 0) is 25.1 Å². The number of Topliss-reactive ketones (excluding diaryl/α,β-unsaturated/α-hetero) is 2. The largest absolute Gasteiger partial charge is 0.491 e. The van der Waals surface area contributed by atoms with Crippen molar-refractivity contribution in [1.82, 2.24) is 0 Å². The summed E-state index contributed by atoms with van der Waals surface area (Å²) in [4.78, 5) is 22.5. The average Bonchev–Trinajstić information content (AvgIpc) is 2.30. The molecular formula is C11H10BrFO3. The van der Waals surface area contributed by atoms with Gasteiger partial charge in [0, 0.05) is 5.56 Å². The first kappa shape index (κ1) is 12.8. The van der Waals surface area contributed by atoms with Crippen molar-refractivity contribution in [2.75, 3.05) is 11.9 Å². The van der Waals surface area contributed by atoms with Crippen LogP contribution in [0.2, 0.25) is 0 Å². The number of ether oxygens (including phenoxy) is 1. The summed E-state index contributed by atoms with van der Waals surface area (Å²) in [7, 11) is 0. The molecule has 0 aromatic heterocycles. The van der Waals surface area contributed by atoms with Gasteiger partial charge in [-0.2, -0.15) is 0 Å². The molecule has 1 aromatic rings. The highest BCUT2D eigenvalue weighted by Crippen LogP contribution is 2.18. The molecule has 3 nitrogen and oxygen atoms in total. The lowest BCUT2D eigenvalue weighted by Crippen LogP contribution is -2.15. The van der Waals surface area contributed by atoms with Crippen LogP contribution in [0.5, 0.6) is 5.75 Å². The minimum Gasteiger partial charge on any atom is -0.491 e. The second kappa shape index (κ2) is 5.75. The van der Waals surface area contributed by atoms with Crippen LogP contribution in [-0.2, 0) is 4.79 Å². The molecule has 0 saturated carbocycles. The number of carbonyl (C=O) groups excluding carboxylic acids is 2. The Morgan fingerprint density at radius 1 is 1.44 bits per heavy atom. The number of benzene rings is 1. The summed E-state index contributed by atoms with van der Waals surface area (Å²) in [6.45, 7) is 2.07. The fraction of sp³-hybridized carbons (Fsp3) is 0.273. The van der Waals surface area contributed by atoms with Crippen LogP contribution in [0.4, 0.5) is 4.39 Å². The second-order valence-electron chi connectivity index (χ2n) is 2.96. The van der Waals surface area contributed by atoms with Crippen LogP contribution in [0.1, 0.15) is 17.3 Å². The van der Waals surface area contributed by atoms with Crippen molar-refractivity contribution in [2.24, 2.45) is 0 Å². The summed E-state index contributed by atoms with van der Waals surface area (Å²) in [6, 6.07) is 3.72. The number of hydrogen-bond donors (Lipinski definition) is 0. The Bertz CT molecular complexity index is 418. The van der Waals surface area contributed by atoms with Gasteiger partial charge >= 0.3 is 0 Å². The standard InChI is InChI=1S/C11H10BrFO3/c1-2-16-10-4-3-7(5-8(10)13)11(15)9(14)6-12/h3-5H,2,6H2,1H3. The number of carbonyl (C=O) groups is 2. The lowest BCUT2D eigenvalue weighted by molar-refractivity contribution is -0.112. The maximum absolute atomic E-state index is 13.4. The number of alkyl halides is 1. The monoisotopic (exact) mass is 288 g/mol. The third-order valence-corrected chi connectivity index (χ3v) is 2.38. The molecule has 0 saturated heterocycles. The summed E-state index contributed by atoms with van der Waals surface area (Å²) in [5, 5.41) is -0.0688. The van der Waals surface area contributed by atoms with E-state index in [2.05, 4.69) is 15.9 Å². The molecule has 0 radical (unpaired) electrons. The Balaban J connectivity index is 2.97. The van der Waals surface area contributed by atoms with Crippen molar-refractivity contribution in [3.63, 3.8) is 0 Å². The van der Waals surface area contributed by atoms with Gasteiger partial charge in [0.15, 0.2) is 11.6 Å². The quantitative estimate of drug-likeness (QED) is 0.475. The predicted octanol–water partition coefficient (Wildman–Crippen LogP) is 2.37. The van der Waals surface area contributed by atoms with E-state index < -0.39 is 17.4 Å². The molecule has 0 atom stereocenters. The van der Waals surface area contributed by atoms with Crippen LogP contribution in [0.15, 0.2) is 18.2 Å². The molecule has 0 amide bonds. The van der Waals surface area contributed by atoms with Gasteiger partial charge < -0.3 is 4.74 Å². The number of ketones is 2. The summed E-state index contributed by atoms with van der Waals surface area (Å²) in [6.07, 6.45) is 0. The molecule has 0 aliphatic heterocycles. The van der Waals surface area contributed by atoms with E-state index in [-0.39, 0.29) is 16.6 Å². The van der Waals surface area contributed by atoms with Crippen LogP contribution in [0, 0.1) is 5.82 Å². The van der Waals surface area contributed by atoms with Crippen LogP contribution in [0.3, 0.4) is 0 Å². The fourth-order valence-electron chi connectivity index (χ4n) is 1.14. The second-order valence-corrected chi connectivity index (χ2v) is 3.52. The van der Waals surface area contributed by atoms with Crippen molar-refractivity contribution in [2.45, 2.75) is 6.92 Å². The van der Waals surface area contributed by atoms with Crippen LogP contribution in [0.25, 0.3) is 0 Å². The highest BCUT2D eigenvalue weighted by molar-refractivity contribution is 9.09. The third-order valence-electron chi connectivity index (χ3n) is 1.87. The van der Waals surface area contributed by atoms with Crippen molar-refractivity contribution >= 4 is 27.5 Å². The van der Waals surface area contributed by atoms with Gasteiger partial charge in [-0.1, -0.05) is 15.9 Å². The number of rotatable bonds is 5. The molecule has 0 fully saturated rings. The smallest absolute Gasteiger partial charge is 0.229 e. The Morgan fingerprint density at radius 3 is 2.62 bits per heavy atom. The number of hydrogen-bond acceptors (Lipinski definition) is 3. The Hall–Kier alpha value is -1.23. The molecule has 5 heteroatoms. The molecule has 0 spiro atoms. The first-order valence-electron chi connectivity index (χ1n) is 4.66. The lowest BCUT2D eigenvalue weighted by atomic mass is 10.1. The maximum atomic E-state index is 13.4. The van der Waals surface area contributed by atoms with Crippen LogP contribution in [-0.4, -0.2) is 23.5 Å². The summed E-state index contributed by atoms with van der Waals surface area (Å²) in [5.74, 6) is -1.89. The van der Waals surface area contributed by atoms with Gasteiger partial charge in [0.1, 0.15) is 0 Å². The molecule has 0 heterocycles. The Labute approximate surface area is 101 Å². The highest BCUT2D eigenvalue weighted by Gasteiger charge is 2.16. The van der Waals surface area contributed by atoms with Gasteiger partial charge in [-0.25, -0.2) is 4.39 Å². The first-order valence-corrected chi connectivity index (χ1v) is 5.78. The van der Waals surface area contributed by atoms with Crippen molar-refractivity contribution < 1.29 is 18.7 Å². The topological polar surface area (TPSA) is 43.4 Å². The summed E-state index contributed by atoms with van der Waals surface area (Å²) >= 11 is 2.88. The van der Waals surface area contributed by atoms with Gasteiger partial charge in [0.25, 0.3) is 0 Å². The predicted molar refractivity (Wildman–Crippen MR) is 60.7 cm³/mol. The minimum atomic E-state index is -0.709. The summed E-state index contributed by atoms with van der Waals surface area (Å²) < 4.78 is 18.3. The number of halogens is 2. The molecule has 0 aliphatic carbocycles. The van der Waals surface area contributed by atoms with Gasteiger partial charge in [0.2, 0.25) is 11.6 Å². The van der Waals surface area contributed by atoms with E-state index in [4.69, 9.17) is 4.74 Å². The van der Waals surface area contributed by atoms with Gasteiger partial charge in [-0.15, -0.1) is 0 Å². The summed E-state index contributed by atoms with van der Waals surface area (Å²) in [5.41, 5.74) is 0.0328. The molecular weight excluding hydrogens is 279 g/mol.